The molecule has 3 aromatic heterocycles. The number of nitrogens with zero attached hydrogens (tertiary/aromatic N) is 7. The number of hydrogen-bond donors (Lipinski definition) is 0. The van der Waals surface area contributed by atoms with Gasteiger partial charge in [0.05, 0.1) is 45.8 Å². The zero-order chi connectivity index (χ0) is 24.0. The highest BCUT2D eigenvalue weighted by molar-refractivity contribution is 7.16. The number of anilines is 1. The lowest BCUT2D eigenvalue weighted by atomic mass is 10.0. The standard InChI is InChI=1S/C24H26FN7OS/c1-4-17-13-30(15(2)18-9-22-20(10-19(18)25)27-14-34-22)7-8-31(17)21-11-23(33)29(3)32-12-16(5-6-26)28-24(21)32/h9-12,14-15,17H,4-5,7-8,13H2,1-3H3. The number of aromatic nitrogens is 4. The summed E-state index contributed by atoms with van der Waals surface area (Å²) in [4.78, 5) is 26.1. The van der Waals surface area contributed by atoms with Gasteiger partial charge in [0, 0.05) is 56.5 Å². The Bertz CT molecular complexity index is 1470. The van der Waals surface area contributed by atoms with E-state index in [1.807, 2.05) is 13.0 Å². The third-order valence-corrected chi connectivity index (χ3v) is 7.66. The van der Waals surface area contributed by atoms with Crippen molar-refractivity contribution in [3.05, 3.63) is 57.3 Å². The Morgan fingerprint density at radius 2 is 2.15 bits per heavy atom. The van der Waals surface area contributed by atoms with Crippen LogP contribution < -0.4 is 10.5 Å². The lowest BCUT2D eigenvalue weighted by molar-refractivity contribution is 0.166. The van der Waals surface area contributed by atoms with Gasteiger partial charge in [-0.1, -0.05) is 6.92 Å². The average molecular weight is 480 g/mol. The number of thiazole rings is 1. The summed E-state index contributed by atoms with van der Waals surface area (Å²) in [5.41, 5.74) is 5.09. The van der Waals surface area contributed by atoms with E-state index in [9.17, 15) is 9.18 Å². The van der Waals surface area contributed by atoms with E-state index in [1.165, 1.54) is 22.1 Å². The number of nitriles is 1. The highest BCUT2D eigenvalue weighted by Gasteiger charge is 2.32. The minimum atomic E-state index is -0.225. The summed E-state index contributed by atoms with van der Waals surface area (Å²) in [5, 5.41) is 9.09. The normalized spacial score (nSPS) is 18.0. The van der Waals surface area contributed by atoms with E-state index >= 15 is 0 Å². The molecule has 10 heteroatoms. The third-order valence-electron chi connectivity index (χ3n) is 6.87. The summed E-state index contributed by atoms with van der Waals surface area (Å²) in [5.74, 6) is -0.225. The molecule has 1 fully saturated rings. The SMILES string of the molecule is CCC1CN(C(C)c2cc3scnc3cc2F)CCN1c1cc(=O)n(C)n2cc(CC#N)nc12. The van der Waals surface area contributed by atoms with Crippen LogP contribution in [-0.2, 0) is 13.5 Å². The molecule has 1 aliphatic rings. The van der Waals surface area contributed by atoms with Crippen molar-refractivity contribution in [3.63, 3.8) is 0 Å². The fourth-order valence-electron chi connectivity index (χ4n) is 4.89. The monoisotopic (exact) mass is 479 g/mol. The van der Waals surface area contributed by atoms with E-state index in [0.29, 0.717) is 29.0 Å². The predicted octanol–water partition coefficient (Wildman–Crippen LogP) is 3.51. The first-order valence-electron chi connectivity index (χ1n) is 11.4. The number of fused-ring (bicyclic) bond motifs is 2. The molecule has 4 heterocycles. The topological polar surface area (TPSA) is 82.5 Å². The van der Waals surface area contributed by atoms with Crippen LogP contribution in [-0.4, -0.2) is 49.7 Å². The van der Waals surface area contributed by atoms with E-state index < -0.39 is 0 Å². The van der Waals surface area contributed by atoms with Gasteiger partial charge in [0.2, 0.25) is 0 Å². The van der Waals surface area contributed by atoms with E-state index in [2.05, 4.69) is 32.8 Å². The van der Waals surface area contributed by atoms with E-state index in [0.717, 1.165) is 29.9 Å². The van der Waals surface area contributed by atoms with Gasteiger partial charge in [0.1, 0.15) is 5.82 Å². The first-order valence-corrected chi connectivity index (χ1v) is 12.3. The highest BCUT2D eigenvalue weighted by atomic mass is 32.1. The maximum Gasteiger partial charge on any atom is 0.267 e. The van der Waals surface area contributed by atoms with Gasteiger partial charge in [-0.05, 0) is 19.4 Å². The molecule has 0 spiro atoms. The van der Waals surface area contributed by atoms with Gasteiger partial charge < -0.3 is 4.90 Å². The zero-order valence-electron chi connectivity index (χ0n) is 19.4. The maximum atomic E-state index is 14.9. The van der Waals surface area contributed by atoms with Crippen molar-refractivity contribution in [1.29, 1.82) is 5.26 Å². The summed E-state index contributed by atoms with van der Waals surface area (Å²) in [7, 11) is 1.70. The van der Waals surface area contributed by atoms with Crippen LogP contribution in [0.15, 0.2) is 34.7 Å². The van der Waals surface area contributed by atoms with Crippen molar-refractivity contribution in [2.45, 2.75) is 38.8 Å². The number of hydrogen-bond acceptors (Lipinski definition) is 7. The minimum Gasteiger partial charge on any atom is -0.363 e. The number of aryl methyl sites for hydroxylation is 1. The van der Waals surface area contributed by atoms with Gasteiger partial charge in [0.15, 0.2) is 5.65 Å². The Balaban J connectivity index is 1.46. The fourth-order valence-corrected chi connectivity index (χ4v) is 5.60. The number of piperazine rings is 1. The summed E-state index contributed by atoms with van der Waals surface area (Å²) in [6, 6.07) is 7.27. The molecule has 0 amide bonds. The number of rotatable bonds is 5. The molecule has 0 bridgehead atoms. The lowest BCUT2D eigenvalue weighted by Crippen LogP contribution is -2.54. The van der Waals surface area contributed by atoms with Crippen molar-refractivity contribution in [3.8, 4) is 6.07 Å². The largest absolute Gasteiger partial charge is 0.363 e. The van der Waals surface area contributed by atoms with Gasteiger partial charge >= 0.3 is 0 Å². The molecule has 176 valence electrons. The van der Waals surface area contributed by atoms with Crippen LogP contribution in [0.1, 0.15) is 37.6 Å². The van der Waals surface area contributed by atoms with Crippen molar-refractivity contribution in [2.24, 2.45) is 7.05 Å². The molecule has 1 saturated heterocycles. The molecule has 2 atom stereocenters. The Hall–Kier alpha value is -3.29. The predicted molar refractivity (Wildman–Crippen MR) is 131 cm³/mol. The second kappa shape index (κ2) is 8.81. The Kier molecular flexibility index (Phi) is 5.83. The number of imidazole rings is 1. The summed E-state index contributed by atoms with van der Waals surface area (Å²) in [6.07, 6.45) is 2.81. The summed E-state index contributed by atoms with van der Waals surface area (Å²) in [6.45, 7) is 6.33. The van der Waals surface area contributed by atoms with Gasteiger partial charge in [-0.2, -0.15) is 5.26 Å². The zero-order valence-corrected chi connectivity index (χ0v) is 20.2. The average Bonchev–Trinajstić information content (AvgIpc) is 3.47. The third kappa shape index (κ3) is 3.75. The molecule has 0 saturated carbocycles. The van der Waals surface area contributed by atoms with E-state index in [-0.39, 0.29) is 29.9 Å². The second-order valence-corrected chi connectivity index (χ2v) is 9.63. The Morgan fingerprint density at radius 1 is 1.32 bits per heavy atom. The molecular weight excluding hydrogens is 453 g/mol. The lowest BCUT2D eigenvalue weighted by Gasteiger charge is -2.44. The minimum absolute atomic E-state index is 0.0833. The molecule has 5 rings (SSSR count). The van der Waals surface area contributed by atoms with Gasteiger partial charge in [-0.3, -0.25) is 9.69 Å². The van der Waals surface area contributed by atoms with Gasteiger partial charge in [-0.15, -0.1) is 11.3 Å². The first-order chi connectivity index (χ1) is 16.4. The van der Waals surface area contributed by atoms with Crippen molar-refractivity contribution < 1.29 is 4.39 Å². The number of benzene rings is 1. The van der Waals surface area contributed by atoms with Gasteiger partial charge in [-0.25, -0.2) is 23.6 Å². The van der Waals surface area contributed by atoms with Crippen LogP contribution in [0.2, 0.25) is 0 Å². The fraction of sp³-hybridized carbons (Fsp3) is 0.417. The molecule has 34 heavy (non-hydrogen) atoms. The van der Waals surface area contributed by atoms with Crippen LogP contribution >= 0.6 is 11.3 Å². The molecule has 0 radical (unpaired) electrons. The van der Waals surface area contributed by atoms with E-state index in [4.69, 9.17) is 5.26 Å². The summed E-state index contributed by atoms with van der Waals surface area (Å²) >= 11 is 1.52. The summed E-state index contributed by atoms with van der Waals surface area (Å²) < 4.78 is 19.1. The quantitative estimate of drug-likeness (QED) is 0.436. The molecule has 1 aromatic carbocycles. The Morgan fingerprint density at radius 3 is 2.91 bits per heavy atom. The Labute approximate surface area is 200 Å². The molecular formula is C24H26FN7OS. The molecule has 8 nitrogen and oxygen atoms in total. The molecule has 0 N–H and O–H groups in total. The molecule has 2 unspecified atom stereocenters. The molecule has 4 aromatic rings. The first kappa shape index (κ1) is 22.5. The van der Waals surface area contributed by atoms with Crippen molar-refractivity contribution >= 4 is 32.9 Å². The van der Waals surface area contributed by atoms with Crippen LogP contribution in [0, 0.1) is 17.1 Å². The molecule has 1 aliphatic heterocycles. The van der Waals surface area contributed by atoms with E-state index in [1.54, 1.807) is 29.3 Å². The van der Waals surface area contributed by atoms with Crippen LogP contribution in [0.4, 0.5) is 10.1 Å². The molecule has 0 aliphatic carbocycles. The number of halogens is 1. The van der Waals surface area contributed by atoms with Crippen LogP contribution in [0.25, 0.3) is 15.9 Å². The highest BCUT2D eigenvalue weighted by Crippen LogP contribution is 2.32. The van der Waals surface area contributed by atoms with Gasteiger partial charge in [0.25, 0.3) is 5.56 Å². The van der Waals surface area contributed by atoms with Crippen LogP contribution in [0.3, 0.4) is 0 Å². The van der Waals surface area contributed by atoms with Crippen LogP contribution in [0.5, 0.6) is 0 Å². The smallest absolute Gasteiger partial charge is 0.267 e. The second-order valence-electron chi connectivity index (χ2n) is 8.75. The van der Waals surface area contributed by atoms with Crippen molar-refractivity contribution in [1.82, 2.24) is 24.1 Å². The van der Waals surface area contributed by atoms with Crippen molar-refractivity contribution in [2.75, 3.05) is 24.5 Å². The maximum absolute atomic E-state index is 14.9.